The van der Waals surface area contributed by atoms with Crippen LogP contribution < -0.4 is 5.32 Å². The van der Waals surface area contributed by atoms with Crippen LogP contribution >= 0.6 is 0 Å². The number of fused-ring (bicyclic) bond motifs is 1. The smallest absolute Gasteiger partial charge is 0.179 e. The molecule has 0 radical (unpaired) electrons. The summed E-state index contributed by atoms with van der Waals surface area (Å²) in [6.07, 6.45) is 4.45. The normalized spacial score (nSPS) is 18.4. The Hall–Kier alpha value is -1.49. The van der Waals surface area contributed by atoms with Crippen LogP contribution in [-0.2, 0) is 0 Å². The van der Waals surface area contributed by atoms with Crippen LogP contribution in [0.25, 0.3) is 5.65 Å². The molecule has 0 saturated carbocycles. The number of hydrogen-bond acceptors (Lipinski definition) is 4. The molecule has 5 heteroatoms. The first-order chi connectivity index (χ1) is 7.43. The SMILES string of the molecule is c1cc2nnnn2cc1C1CCNCC1. The molecule has 1 aliphatic rings. The summed E-state index contributed by atoms with van der Waals surface area (Å²) in [5.74, 6) is 0.653. The monoisotopic (exact) mass is 203 g/mol. The average molecular weight is 203 g/mol. The molecule has 15 heavy (non-hydrogen) atoms. The molecular weight excluding hydrogens is 190 g/mol. The highest BCUT2D eigenvalue weighted by atomic mass is 15.5. The fraction of sp³-hybridized carbons (Fsp3) is 0.500. The van der Waals surface area contributed by atoms with Gasteiger partial charge in [0.1, 0.15) is 0 Å². The maximum atomic E-state index is 3.91. The summed E-state index contributed by atoms with van der Waals surface area (Å²) < 4.78 is 1.75. The summed E-state index contributed by atoms with van der Waals surface area (Å²) in [6, 6.07) is 4.12. The van der Waals surface area contributed by atoms with Gasteiger partial charge in [-0.15, -0.1) is 5.10 Å². The van der Waals surface area contributed by atoms with Crippen molar-refractivity contribution in [2.24, 2.45) is 0 Å². The first-order valence-electron chi connectivity index (χ1n) is 5.32. The first-order valence-corrected chi connectivity index (χ1v) is 5.32. The molecule has 2 aromatic rings. The highest BCUT2D eigenvalue weighted by Gasteiger charge is 2.15. The van der Waals surface area contributed by atoms with E-state index in [0.29, 0.717) is 5.92 Å². The molecule has 1 aliphatic heterocycles. The Morgan fingerprint density at radius 1 is 1.27 bits per heavy atom. The fourth-order valence-electron chi connectivity index (χ4n) is 2.15. The molecule has 3 heterocycles. The largest absolute Gasteiger partial charge is 0.317 e. The number of hydrogen-bond donors (Lipinski definition) is 1. The minimum atomic E-state index is 0.653. The number of rotatable bonds is 1. The van der Waals surface area contributed by atoms with Crippen molar-refractivity contribution >= 4 is 5.65 Å². The molecule has 0 bridgehead atoms. The van der Waals surface area contributed by atoms with Crippen molar-refractivity contribution in [3.63, 3.8) is 0 Å². The van der Waals surface area contributed by atoms with Crippen LogP contribution in [0.15, 0.2) is 18.3 Å². The molecule has 0 amide bonds. The van der Waals surface area contributed by atoms with E-state index in [4.69, 9.17) is 0 Å². The molecule has 5 nitrogen and oxygen atoms in total. The molecule has 1 N–H and O–H groups in total. The van der Waals surface area contributed by atoms with E-state index in [0.717, 1.165) is 18.7 Å². The molecule has 0 aromatic carbocycles. The lowest BCUT2D eigenvalue weighted by molar-refractivity contribution is 0.459. The third-order valence-corrected chi connectivity index (χ3v) is 3.03. The van der Waals surface area contributed by atoms with E-state index in [2.05, 4.69) is 26.9 Å². The average Bonchev–Trinajstić information content (AvgIpc) is 2.77. The van der Waals surface area contributed by atoms with Crippen LogP contribution in [0.2, 0.25) is 0 Å². The molecule has 1 saturated heterocycles. The van der Waals surface area contributed by atoms with Gasteiger partial charge in [-0.1, -0.05) is 6.07 Å². The van der Waals surface area contributed by atoms with Gasteiger partial charge < -0.3 is 5.32 Å². The van der Waals surface area contributed by atoms with Crippen molar-refractivity contribution in [3.05, 3.63) is 23.9 Å². The van der Waals surface area contributed by atoms with Crippen LogP contribution in [0.1, 0.15) is 24.3 Å². The first kappa shape index (κ1) is 8.79. The lowest BCUT2D eigenvalue weighted by Crippen LogP contribution is -2.26. The maximum Gasteiger partial charge on any atom is 0.179 e. The number of piperidine rings is 1. The minimum Gasteiger partial charge on any atom is -0.317 e. The van der Waals surface area contributed by atoms with Crippen LogP contribution in [0.5, 0.6) is 0 Å². The number of nitrogens with zero attached hydrogens (tertiary/aromatic N) is 4. The van der Waals surface area contributed by atoms with Gasteiger partial charge in [0.05, 0.1) is 0 Å². The van der Waals surface area contributed by atoms with Crippen molar-refractivity contribution in [1.82, 2.24) is 25.4 Å². The summed E-state index contributed by atoms with van der Waals surface area (Å²) in [6.45, 7) is 2.22. The topological polar surface area (TPSA) is 55.1 Å². The number of nitrogens with one attached hydrogen (secondary N) is 1. The zero-order valence-corrected chi connectivity index (χ0v) is 8.43. The van der Waals surface area contributed by atoms with E-state index in [-0.39, 0.29) is 0 Å². The lowest BCUT2D eigenvalue weighted by Gasteiger charge is -2.22. The number of pyridine rings is 1. The third kappa shape index (κ3) is 1.59. The van der Waals surface area contributed by atoms with Crippen molar-refractivity contribution in [1.29, 1.82) is 0 Å². The Labute approximate surface area is 87.5 Å². The van der Waals surface area contributed by atoms with Gasteiger partial charge in [-0.3, -0.25) is 0 Å². The Balaban J connectivity index is 1.95. The van der Waals surface area contributed by atoms with Crippen LogP contribution in [0.3, 0.4) is 0 Å². The van der Waals surface area contributed by atoms with Crippen LogP contribution in [0, 0.1) is 0 Å². The van der Waals surface area contributed by atoms with Gasteiger partial charge in [0.2, 0.25) is 0 Å². The van der Waals surface area contributed by atoms with E-state index in [1.54, 1.807) is 4.52 Å². The Morgan fingerprint density at radius 3 is 3.00 bits per heavy atom. The highest BCUT2D eigenvalue weighted by Crippen LogP contribution is 2.24. The second-order valence-electron chi connectivity index (χ2n) is 3.97. The summed E-state index contributed by atoms with van der Waals surface area (Å²) in [4.78, 5) is 0. The van der Waals surface area contributed by atoms with Crippen LogP contribution in [-0.4, -0.2) is 33.1 Å². The summed E-state index contributed by atoms with van der Waals surface area (Å²) >= 11 is 0. The van der Waals surface area contributed by atoms with E-state index >= 15 is 0 Å². The molecule has 1 fully saturated rings. The summed E-state index contributed by atoms with van der Waals surface area (Å²) in [7, 11) is 0. The zero-order chi connectivity index (χ0) is 10.1. The Bertz CT molecular complexity index is 458. The molecule has 2 aromatic heterocycles. The summed E-state index contributed by atoms with van der Waals surface area (Å²) in [5, 5.41) is 14.8. The third-order valence-electron chi connectivity index (χ3n) is 3.03. The van der Waals surface area contributed by atoms with E-state index < -0.39 is 0 Å². The van der Waals surface area contributed by atoms with Gasteiger partial charge in [0.25, 0.3) is 0 Å². The Morgan fingerprint density at radius 2 is 2.13 bits per heavy atom. The number of tetrazole rings is 1. The molecule has 0 aliphatic carbocycles. The van der Waals surface area contributed by atoms with Gasteiger partial charge in [-0.25, -0.2) is 4.52 Å². The van der Waals surface area contributed by atoms with Crippen molar-refractivity contribution in [2.75, 3.05) is 13.1 Å². The molecule has 0 unspecified atom stereocenters. The van der Waals surface area contributed by atoms with Gasteiger partial charge in [-0.05, 0) is 53.9 Å². The second kappa shape index (κ2) is 3.58. The zero-order valence-electron chi connectivity index (χ0n) is 8.43. The number of aromatic nitrogens is 4. The minimum absolute atomic E-state index is 0.653. The van der Waals surface area contributed by atoms with Crippen molar-refractivity contribution in [3.8, 4) is 0 Å². The maximum absolute atomic E-state index is 3.91. The predicted molar refractivity (Wildman–Crippen MR) is 55.6 cm³/mol. The molecule has 0 atom stereocenters. The van der Waals surface area contributed by atoms with Gasteiger partial charge in [0, 0.05) is 6.20 Å². The molecule has 0 spiro atoms. The molecular formula is C10H13N5. The van der Waals surface area contributed by atoms with E-state index in [9.17, 15) is 0 Å². The van der Waals surface area contributed by atoms with Crippen LogP contribution in [0.4, 0.5) is 0 Å². The Kier molecular flexibility index (Phi) is 2.10. The van der Waals surface area contributed by atoms with Gasteiger partial charge in [-0.2, -0.15) is 0 Å². The van der Waals surface area contributed by atoms with E-state index in [1.807, 2.05) is 12.3 Å². The van der Waals surface area contributed by atoms with Gasteiger partial charge >= 0.3 is 0 Å². The second-order valence-corrected chi connectivity index (χ2v) is 3.97. The van der Waals surface area contributed by atoms with Crippen molar-refractivity contribution in [2.45, 2.75) is 18.8 Å². The molecule has 3 rings (SSSR count). The lowest BCUT2D eigenvalue weighted by atomic mass is 9.91. The fourth-order valence-corrected chi connectivity index (χ4v) is 2.15. The molecule has 78 valence electrons. The van der Waals surface area contributed by atoms with Gasteiger partial charge in [0.15, 0.2) is 5.65 Å². The summed E-state index contributed by atoms with van der Waals surface area (Å²) in [5.41, 5.74) is 2.16. The van der Waals surface area contributed by atoms with E-state index in [1.165, 1.54) is 18.4 Å². The standard InChI is InChI=1S/C10H13N5/c1-2-10-12-13-14-15(10)7-9(1)8-3-5-11-6-4-8/h1-2,7-8,11H,3-6H2. The van der Waals surface area contributed by atoms with Crippen molar-refractivity contribution < 1.29 is 0 Å². The predicted octanol–water partition coefficient (Wildman–Crippen LogP) is 0.591. The quantitative estimate of drug-likeness (QED) is 0.737. The highest BCUT2D eigenvalue weighted by molar-refractivity contribution is 5.37.